The second-order valence-corrected chi connectivity index (χ2v) is 7.89. The first-order valence-electron chi connectivity index (χ1n) is 7.00. The molecule has 2 aromatic rings. The molecular formula is C16H16BrNO4S. The van der Waals surface area contributed by atoms with Gasteiger partial charge in [-0.25, -0.2) is 8.42 Å². The van der Waals surface area contributed by atoms with E-state index in [1.165, 1.54) is 30.7 Å². The highest BCUT2D eigenvalue weighted by Gasteiger charge is 2.31. The second-order valence-electron chi connectivity index (χ2n) is 5.12. The molecule has 1 aliphatic heterocycles. The number of sulfonamides is 1. The van der Waals surface area contributed by atoms with Crippen LogP contribution in [0.25, 0.3) is 0 Å². The van der Waals surface area contributed by atoms with Gasteiger partial charge in [0.05, 0.1) is 24.8 Å². The number of ether oxygens (including phenoxy) is 2. The van der Waals surface area contributed by atoms with Crippen molar-refractivity contribution < 1.29 is 17.9 Å². The van der Waals surface area contributed by atoms with Crippen molar-refractivity contribution in [2.45, 2.75) is 11.3 Å². The summed E-state index contributed by atoms with van der Waals surface area (Å²) in [5.41, 5.74) is 1.74. The van der Waals surface area contributed by atoms with Gasteiger partial charge in [-0.3, -0.25) is 4.31 Å². The summed E-state index contributed by atoms with van der Waals surface area (Å²) in [6.07, 6.45) is 0.696. The molecule has 0 saturated heterocycles. The van der Waals surface area contributed by atoms with Crippen molar-refractivity contribution in [1.29, 1.82) is 0 Å². The number of halogens is 1. The van der Waals surface area contributed by atoms with Crippen LogP contribution >= 0.6 is 15.9 Å². The summed E-state index contributed by atoms with van der Waals surface area (Å²) in [5.74, 6) is 0.890. The van der Waals surface area contributed by atoms with E-state index >= 15 is 0 Å². The zero-order chi connectivity index (χ0) is 16.6. The largest absolute Gasteiger partial charge is 0.493 e. The van der Waals surface area contributed by atoms with Crippen LogP contribution in [0.2, 0.25) is 0 Å². The number of hydrogen-bond acceptors (Lipinski definition) is 4. The van der Waals surface area contributed by atoms with Gasteiger partial charge in [-0.2, -0.15) is 0 Å². The predicted molar refractivity (Wildman–Crippen MR) is 91.9 cm³/mol. The highest BCUT2D eigenvalue weighted by Crippen LogP contribution is 2.36. The van der Waals surface area contributed by atoms with Crippen LogP contribution in [-0.4, -0.2) is 29.2 Å². The van der Waals surface area contributed by atoms with Crippen molar-refractivity contribution in [3.8, 4) is 11.5 Å². The lowest BCUT2D eigenvalue weighted by Gasteiger charge is -2.20. The van der Waals surface area contributed by atoms with Crippen LogP contribution in [0.1, 0.15) is 5.56 Å². The highest BCUT2D eigenvalue weighted by atomic mass is 79.9. The van der Waals surface area contributed by atoms with Gasteiger partial charge in [-0.05, 0) is 42.3 Å². The summed E-state index contributed by atoms with van der Waals surface area (Å²) in [6.45, 7) is 0.433. The van der Waals surface area contributed by atoms with Gasteiger partial charge in [0.25, 0.3) is 10.0 Å². The van der Waals surface area contributed by atoms with Gasteiger partial charge in [0.2, 0.25) is 0 Å². The van der Waals surface area contributed by atoms with Gasteiger partial charge in [0.1, 0.15) is 0 Å². The molecule has 7 heteroatoms. The standard InChI is InChI=1S/C16H16BrNO4S/c1-21-15-6-4-13(10-16(15)22-2)23(19,20)18-8-7-11-9-12(17)3-5-14(11)18/h3-6,9-10H,7-8H2,1-2H3. The van der Waals surface area contributed by atoms with E-state index in [-0.39, 0.29) is 4.90 Å². The smallest absolute Gasteiger partial charge is 0.264 e. The van der Waals surface area contributed by atoms with Crippen LogP contribution in [-0.2, 0) is 16.4 Å². The molecule has 1 aliphatic rings. The number of hydrogen-bond donors (Lipinski definition) is 0. The summed E-state index contributed by atoms with van der Waals surface area (Å²) >= 11 is 3.42. The fourth-order valence-corrected chi connectivity index (χ4v) is 4.62. The average Bonchev–Trinajstić information content (AvgIpc) is 2.97. The van der Waals surface area contributed by atoms with Gasteiger partial charge in [-0.15, -0.1) is 0 Å². The van der Waals surface area contributed by atoms with Crippen LogP contribution in [0.15, 0.2) is 45.8 Å². The molecule has 0 spiro atoms. The normalized spacial score (nSPS) is 13.8. The summed E-state index contributed by atoms with van der Waals surface area (Å²) in [5, 5.41) is 0. The first-order chi connectivity index (χ1) is 11.0. The highest BCUT2D eigenvalue weighted by molar-refractivity contribution is 9.10. The van der Waals surface area contributed by atoms with Crippen LogP contribution in [0.3, 0.4) is 0 Å². The Balaban J connectivity index is 2.04. The van der Waals surface area contributed by atoms with E-state index in [4.69, 9.17) is 9.47 Å². The van der Waals surface area contributed by atoms with Crippen LogP contribution in [0.4, 0.5) is 5.69 Å². The Morgan fingerprint density at radius 2 is 1.78 bits per heavy atom. The Morgan fingerprint density at radius 1 is 1.04 bits per heavy atom. The zero-order valence-corrected chi connectivity index (χ0v) is 15.1. The van der Waals surface area contributed by atoms with Crippen molar-refractivity contribution in [3.05, 3.63) is 46.4 Å². The zero-order valence-electron chi connectivity index (χ0n) is 12.7. The topological polar surface area (TPSA) is 55.8 Å². The van der Waals surface area contributed by atoms with Gasteiger partial charge >= 0.3 is 0 Å². The van der Waals surface area contributed by atoms with Gasteiger partial charge < -0.3 is 9.47 Å². The minimum absolute atomic E-state index is 0.186. The number of methoxy groups -OCH3 is 2. The minimum Gasteiger partial charge on any atom is -0.493 e. The Labute approximate surface area is 144 Å². The molecule has 0 aliphatic carbocycles. The molecule has 0 atom stereocenters. The van der Waals surface area contributed by atoms with E-state index in [0.717, 1.165) is 15.7 Å². The number of rotatable bonds is 4. The number of nitrogens with zero attached hydrogens (tertiary/aromatic N) is 1. The lowest BCUT2D eigenvalue weighted by molar-refractivity contribution is 0.354. The van der Waals surface area contributed by atoms with Crippen molar-refractivity contribution in [3.63, 3.8) is 0 Å². The fraction of sp³-hybridized carbons (Fsp3) is 0.250. The maximum absolute atomic E-state index is 13.0. The molecule has 0 bridgehead atoms. The van der Waals surface area contributed by atoms with E-state index in [2.05, 4.69) is 15.9 Å². The third-order valence-electron chi connectivity index (χ3n) is 3.84. The third-order valence-corrected chi connectivity index (χ3v) is 6.14. The van der Waals surface area contributed by atoms with Crippen molar-refractivity contribution >= 4 is 31.6 Å². The molecule has 2 aromatic carbocycles. The van der Waals surface area contributed by atoms with Crippen molar-refractivity contribution in [1.82, 2.24) is 0 Å². The van der Waals surface area contributed by atoms with Crippen molar-refractivity contribution in [2.75, 3.05) is 25.1 Å². The summed E-state index contributed by atoms with van der Waals surface area (Å²) < 4.78 is 38.7. The molecule has 3 rings (SSSR count). The monoisotopic (exact) mass is 397 g/mol. The minimum atomic E-state index is -3.64. The molecule has 1 heterocycles. The molecule has 0 fully saturated rings. The average molecular weight is 398 g/mol. The van der Waals surface area contributed by atoms with E-state index in [0.29, 0.717) is 24.5 Å². The molecule has 0 radical (unpaired) electrons. The first kappa shape index (κ1) is 16.1. The quantitative estimate of drug-likeness (QED) is 0.794. The molecule has 23 heavy (non-hydrogen) atoms. The number of benzene rings is 2. The van der Waals surface area contributed by atoms with E-state index in [9.17, 15) is 8.42 Å². The predicted octanol–water partition coefficient (Wildman–Crippen LogP) is 3.22. The molecular weight excluding hydrogens is 382 g/mol. The summed E-state index contributed by atoms with van der Waals surface area (Å²) in [7, 11) is -0.642. The summed E-state index contributed by atoms with van der Waals surface area (Å²) in [4.78, 5) is 0.186. The second kappa shape index (κ2) is 6.05. The van der Waals surface area contributed by atoms with E-state index in [1.807, 2.05) is 18.2 Å². The van der Waals surface area contributed by atoms with Gasteiger partial charge in [0.15, 0.2) is 11.5 Å². The van der Waals surface area contributed by atoms with Gasteiger partial charge in [-0.1, -0.05) is 15.9 Å². The Kier molecular flexibility index (Phi) is 4.25. The number of fused-ring (bicyclic) bond motifs is 1. The third kappa shape index (κ3) is 2.79. The Hall–Kier alpha value is -1.73. The van der Waals surface area contributed by atoms with Gasteiger partial charge in [0, 0.05) is 17.1 Å². The van der Waals surface area contributed by atoms with E-state index < -0.39 is 10.0 Å². The van der Waals surface area contributed by atoms with Crippen LogP contribution < -0.4 is 13.8 Å². The Morgan fingerprint density at radius 3 is 2.48 bits per heavy atom. The lowest BCUT2D eigenvalue weighted by Crippen LogP contribution is -2.29. The van der Waals surface area contributed by atoms with Crippen LogP contribution in [0, 0.1) is 0 Å². The molecule has 0 N–H and O–H groups in total. The number of anilines is 1. The van der Waals surface area contributed by atoms with Crippen molar-refractivity contribution in [2.24, 2.45) is 0 Å². The molecule has 0 saturated carbocycles. The summed E-state index contributed by atoms with van der Waals surface area (Å²) in [6, 6.07) is 10.3. The first-order valence-corrected chi connectivity index (χ1v) is 9.24. The molecule has 0 aromatic heterocycles. The SMILES string of the molecule is COc1ccc(S(=O)(=O)N2CCc3cc(Br)ccc32)cc1OC. The Bertz CT molecular complexity index is 851. The van der Waals surface area contributed by atoms with Crippen LogP contribution in [0.5, 0.6) is 11.5 Å². The molecule has 122 valence electrons. The lowest BCUT2D eigenvalue weighted by atomic mass is 10.2. The maximum Gasteiger partial charge on any atom is 0.264 e. The fourth-order valence-electron chi connectivity index (χ4n) is 2.69. The maximum atomic E-state index is 13.0. The van der Waals surface area contributed by atoms with E-state index in [1.54, 1.807) is 6.07 Å². The molecule has 0 amide bonds. The molecule has 5 nitrogen and oxygen atoms in total. The molecule has 0 unspecified atom stereocenters.